The predicted octanol–water partition coefficient (Wildman–Crippen LogP) is 4.29. The van der Waals surface area contributed by atoms with E-state index in [0.717, 1.165) is 17.0 Å². The van der Waals surface area contributed by atoms with E-state index >= 15 is 0 Å². The van der Waals surface area contributed by atoms with Crippen molar-refractivity contribution >= 4 is 39.1 Å². The second-order valence-electron chi connectivity index (χ2n) is 9.15. The van der Waals surface area contributed by atoms with Crippen LogP contribution in [0, 0.1) is 0 Å². The molecule has 37 heavy (non-hydrogen) atoms. The molecule has 8 nitrogen and oxygen atoms in total. The molecule has 1 unspecified atom stereocenters. The fraction of sp³-hybridized carbons (Fsp3) is 0.250. The zero-order valence-corrected chi connectivity index (χ0v) is 21.7. The Balaban J connectivity index is 1.27. The van der Waals surface area contributed by atoms with Gasteiger partial charge in [0.1, 0.15) is 10.6 Å². The summed E-state index contributed by atoms with van der Waals surface area (Å²) in [6, 6.07) is 19.7. The first kappa shape index (κ1) is 24.7. The lowest BCUT2D eigenvalue weighted by Gasteiger charge is -2.41. The van der Waals surface area contributed by atoms with Gasteiger partial charge >= 0.3 is 0 Å². The van der Waals surface area contributed by atoms with Gasteiger partial charge in [0.05, 0.1) is 18.5 Å². The van der Waals surface area contributed by atoms with Crippen molar-refractivity contribution < 1.29 is 17.9 Å². The average molecular weight is 519 g/mol. The maximum atomic E-state index is 13.3. The summed E-state index contributed by atoms with van der Waals surface area (Å²) in [6.45, 7) is 4.56. The SMILES string of the molecule is COc1ccccc1N1CCN(C(=O)c2ccc(NS(=O)(=O)c3cccc4c3NCC=C4)cc2)C(C)C1. The smallest absolute Gasteiger partial charge is 0.263 e. The summed E-state index contributed by atoms with van der Waals surface area (Å²) in [7, 11) is -2.15. The van der Waals surface area contributed by atoms with Crippen LogP contribution in [0.25, 0.3) is 6.08 Å². The average Bonchev–Trinajstić information content (AvgIpc) is 2.92. The maximum absolute atomic E-state index is 13.3. The third-order valence-electron chi connectivity index (χ3n) is 6.74. The first-order valence-corrected chi connectivity index (χ1v) is 13.7. The van der Waals surface area contributed by atoms with Crippen LogP contribution in [0.3, 0.4) is 0 Å². The highest BCUT2D eigenvalue weighted by atomic mass is 32.2. The molecule has 0 radical (unpaired) electrons. The van der Waals surface area contributed by atoms with E-state index in [4.69, 9.17) is 4.74 Å². The number of rotatable bonds is 6. The molecule has 3 aromatic rings. The largest absolute Gasteiger partial charge is 0.495 e. The van der Waals surface area contributed by atoms with Crippen molar-refractivity contribution in [2.45, 2.75) is 17.9 Å². The number of benzene rings is 3. The van der Waals surface area contributed by atoms with Crippen LogP contribution in [-0.4, -0.2) is 58.6 Å². The molecule has 1 fully saturated rings. The molecule has 0 saturated carbocycles. The van der Waals surface area contributed by atoms with Crippen molar-refractivity contribution in [3.05, 3.63) is 83.9 Å². The molecular formula is C28H30N4O4S. The van der Waals surface area contributed by atoms with Crippen LogP contribution < -0.4 is 19.7 Å². The van der Waals surface area contributed by atoms with Crippen molar-refractivity contribution in [2.24, 2.45) is 0 Å². The molecule has 0 aliphatic carbocycles. The second kappa shape index (κ2) is 10.2. The van der Waals surface area contributed by atoms with E-state index in [1.54, 1.807) is 43.5 Å². The van der Waals surface area contributed by atoms with Crippen LogP contribution in [0.2, 0.25) is 0 Å². The Kier molecular flexibility index (Phi) is 6.80. The number of anilines is 3. The maximum Gasteiger partial charge on any atom is 0.263 e. The zero-order chi connectivity index (χ0) is 26.0. The highest BCUT2D eigenvalue weighted by molar-refractivity contribution is 7.92. The number of hydrogen-bond donors (Lipinski definition) is 2. The van der Waals surface area contributed by atoms with Gasteiger partial charge in [0.2, 0.25) is 0 Å². The van der Waals surface area contributed by atoms with E-state index in [1.807, 2.05) is 54.3 Å². The Labute approximate surface area is 217 Å². The Hall–Kier alpha value is -3.98. The number of fused-ring (bicyclic) bond motifs is 1. The number of amides is 1. The Morgan fingerprint density at radius 1 is 1.03 bits per heavy atom. The highest BCUT2D eigenvalue weighted by Gasteiger charge is 2.29. The number of sulfonamides is 1. The molecule has 0 bridgehead atoms. The Bertz CT molecular complexity index is 1440. The third-order valence-corrected chi connectivity index (χ3v) is 8.16. The molecule has 2 aliphatic heterocycles. The summed E-state index contributed by atoms with van der Waals surface area (Å²) in [5.41, 5.74) is 3.35. The fourth-order valence-corrected chi connectivity index (χ4v) is 6.15. The number of piperazine rings is 1. The van der Waals surface area contributed by atoms with E-state index in [-0.39, 0.29) is 16.8 Å². The van der Waals surface area contributed by atoms with Crippen molar-refractivity contribution in [3.63, 3.8) is 0 Å². The summed E-state index contributed by atoms with van der Waals surface area (Å²) >= 11 is 0. The van der Waals surface area contributed by atoms with Crippen molar-refractivity contribution in [3.8, 4) is 5.75 Å². The summed E-state index contributed by atoms with van der Waals surface area (Å²) < 4.78 is 34.4. The predicted molar refractivity (Wildman–Crippen MR) is 147 cm³/mol. The molecular weight excluding hydrogens is 488 g/mol. The molecule has 2 N–H and O–H groups in total. The van der Waals surface area contributed by atoms with Crippen LogP contribution >= 0.6 is 0 Å². The van der Waals surface area contributed by atoms with E-state index in [1.165, 1.54) is 0 Å². The summed E-state index contributed by atoms with van der Waals surface area (Å²) in [5.74, 6) is 0.741. The number of ether oxygens (including phenoxy) is 1. The summed E-state index contributed by atoms with van der Waals surface area (Å²) in [5, 5.41) is 3.14. The lowest BCUT2D eigenvalue weighted by molar-refractivity contribution is 0.0674. The van der Waals surface area contributed by atoms with Gasteiger partial charge in [0, 0.05) is 43.5 Å². The first-order chi connectivity index (χ1) is 17.9. The van der Waals surface area contributed by atoms with Gasteiger partial charge < -0.3 is 19.9 Å². The van der Waals surface area contributed by atoms with Gasteiger partial charge in [-0.15, -0.1) is 0 Å². The molecule has 1 atom stereocenters. The standard InChI is InChI=1S/C28H30N4O4S/c1-20-19-31(24-9-3-4-10-25(24)36-2)17-18-32(20)28(33)22-12-14-23(15-13-22)30-37(34,35)26-11-5-7-21-8-6-16-29-27(21)26/h3-15,20,29-30H,16-19H2,1-2H3. The minimum atomic E-state index is -3.81. The molecule has 5 rings (SSSR count). The molecule has 1 amide bonds. The molecule has 1 saturated heterocycles. The minimum absolute atomic E-state index is 0.00449. The van der Waals surface area contributed by atoms with Crippen molar-refractivity contribution in [1.82, 2.24) is 4.90 Å². The van der Waals surface area contributed by atoms with Gasteiger partial charge in [0.15, 0.2) is 0 Å². The number of methoxy groups -OCH3 is 1. The molecule has 3 aromatic carbocycles. The van der Waals surface area contributed by atoms with Crippen LogP contribution in [-0.2, 0) is 10.0 Å². The van der Waals surface area contributed by atoms with Gasteiger partial charge in [-0.1, -0.05) is 36.4 Å². The molecule has 2 aliphatic rings. The van der Waals surface area contributed by atoms with Crippen molar-refractivity contribution in [1.29, 1.82) is 0 Å². The molecule has 0 aromatic heterocycles. The van der Waals surface area contributed by atoms with Gasteiger partial charge in [-0.2, -0.15) is 0 Å². The number of hydrogen-bond acceptors (Lipinski definition) is 6. The lowest BCUT2D eigenvalue weighted by atomic mass is 10.1. The van der Waals surface area contributed by atoms with Crippen LogP contribution in [0.4, 0.5) is 17.1 Å². The van der Waals surface area contributed by atoms with E-state index in [2.05, 4.69) is 14.9 Å². The van der Waals surface area contributed by atoms with E-state index < -0.39 is 10.0 Å². The molecule has 0 spiro atoms. The monoisotopic (exact) mass is 518 g/mol. The molecule has 9 heteroatoms. The third kappa shape index (κ3) is 4.99. The number of carbonyl (C=O) groups excluding carboxylic acids is 1. The van der Waals surface area contributed by atoms with E-state index in [0.29, 0.717) is 43.1 Å². The van der Waals surface area contributed by atoms with Crippen LogP contribution in [0.15, 0.2) is 77.7 Å². The number of para-hydroxylation sites is 3. The number of nitrogens with one attached hydrogen (secondary N) is 2. The van der Waals surface area contributed by atoms with Crippen LogP contribution in [0.5, 0.6) is 5.75 Å². The Morgan fingerprint density at radius 3 is 2.57 bits per heavy atom. The van der Waals surface area contributed by atoms with Gasteiger partial charge in [-0.3, -0.25) is 9.52 Å². The zero-order valence-electron chi connectivity index (χ0n) is 20.8. The lowest BCUT2D eigenvalue weighted by Crippen LogP contribution is -2.54. The molecule has 2 heterocycles. The normalized spacial score (nSPS) is 17.1. The number of nitrogens with zero attached hydrogens (tertiary/aromatic N) is 2. The minimum Gasteiger partial charge on any atom is -0.495 e. The van der Waals surface area contributed by atoms with E-state index in [9.17, 15) is 13.2 Å². The van der Waals surface area contributed by atoms with Gasteiger partial charge in [-0.25, -0.2) is 8.42 Å². The van der Waals surface area contributed by atoms with Crippen molar-refractivity contribution in [2.75, 3.05) is 48.2 Å². The highest BCUT2D eigenvalue weighted by Crippen LogP contribution is 2.31. The fourth-order valence-electron chi connectivity index (χ4n) is 4.87. The summed E-state index contributed by atoms with van der Waals surface area (Å²) in [4.78, 5) is 17.6. The summed E-state index contributed by atoms with van der Waals surface area (Å²) in [6.07, 6.45) is 3.85. The van der Waals surface area contributed by atoms with Gasteiger partial charge in [0.25, 0.3) is 15.9 Å². The molecule has 192 valence electrons. The quantitative estimate of drug-likeness (QED) is 0.506. The van der Waals surface area contributed by atoms with Crippen LogP contribution in [0.1, 0.15) is 22.8 Å². The van der Waals surface area contributed by atoms with Gasteiger partial charge in [-0.05, 0) is 55.0 Å². The second-order valence-corrected chi connectivity index (χ2v) is 10.8. The number of carbonyl (C=O) groups is 1. The topological polar surface area (TPSA) is 91.0 Å². The first-order valence-electron chi connectivity index (χ1n) is 12.2. The Morgan fingerprint density at radius 2 is 1.81 bits per heavy atom.